The maximum Gasteiger partial charge on any atom is 0.395 e. The van der Waals surface area contributed by atoms with Crippen molar-refractivity contribution in [1.29, 1.82) is 0 Å². The van der Waals surface area contributed by atoms with Gasteiger partial charge in [0.05, 0.1) is 11.1 Å². The lowest BCUT2D eigenvalue weighted by Gasteiger charge is -2.41. The molecule has 0 amide bonds. The van der Waals surface area contributed by atoms with Gasteiger partial charge in [-0.05, 0) is 34.3 Å². The first-order valence-corrected chi connectivity index (χ1v) is 13.2. The molecule has 3 aromatic rings. The number of aromatic amines is 1. The number of ether oxygens (including phenoxy) is 2. The number of aromatic nitrogens is 2. The summed E-state index contributed by atoms with van der Waals surface area (Å²) in [4.78, 5) is 49.6. The van der Waals surface area contributed by atoms with Crippen molar-refractivity contribution in [2.75, 3.05) is 6.61 Å². The van der Waals surface area contributed by atoms with Gasteiger partial charge < -0.3 is 24.6 Å². The Balaban J connectivity index is 1.80. The number of hydrogen-bond acceptors (Lipinski definition) is 9. The zero-order chi connectivity index (χ0) is 28.8. The minimum atomic E-state index is -3.73. The summed E-state index contributed by atoms with van der Waals surface area (Å²) in [5, 5.41) is 21.0. The lowest BCUT2D eigenvalue weighted by Crippen LogP contribution is -2.65. The van der Waals surface area contributed by atoms with Gasteiger partial charge in [0, 0.05) is 24.9 Å². The lowest BCUT2D eigenvalue weighted by atomic mass is 9.96. The molecule has 1 aliphatic heterocycles. The van der Waals surface area contributed by atoms with Crippen LogP contribution in [0.15, 0.2) is 61.4 Å². The zero-order valence-corrected chi connectivity index (χ0v) is 22.7. The van der Waals surface area contributed by atoms with Gasteiger partial charge in [0.2, 0.25) is 5.75 Å². The SMILES string of the molecule is C[C@H](N=[P+]([O-])Oc1c(O[C@@](C)(O)[C@]2(F)OCC[C@]2(F)n2cc(Br)c(=O)[nH]c2=O)ccc2ccccc12)C(=O)O. The number of nitrogens with zero attached hydrogens (tertiary/aromatic N) is 2. The summed E-state index contributed by atoms with van der Waals surface area (Å²) in [6.07, 6.45) is -0.0269. The largest absolute Gasteiger partial charge is 0.575 e. The molecular weight excluding hydrogens is 611 g/mol. The Morgan fingerprint density at radius 3 is 2.72 bits per heavy atom. The van der Waals surface area contributed by atoms with E-state index in [0.717, 1.165) is 13.1 Å². The molecule has 2 aromatic carbocycles. The minimum absolute atomic E-state index is 0.240. The van der Waals surface area contributed by atoms with Crippen molar-refractivity contribution in [2.45, 2.75) is 43.7 Å². The van der Waals surface area contributed by atoms with Crippen LogP contribution in [0.3, 0.4) is 0 Å². The Kier molecular flexibility index (Phi) is 7.67. The van der Waals surface area contributed by atoms with E-state index in [1.807, 2.05) is 4.98 Å². The highest BCUT2D eigenvalue weighted by Crippen LogP contribution is 2.52. The van der Waals surface area contributed by atoms with Gasteiger partial charge in [-0.1, -0.05) is 35.1 Å². The third kappa shape index (κ3) is 5.08. The fourth-order valence-corrected chi connectivity index (χ4v) is 5.12. The van der Waals surface area contributed by atoms with Gasteiger partial charge in [0.15, 0.2) is 11.8 Å². The molecule has 39 heavy (non-hydrogen) atoms. The van der Waals surface area contributed by atoms with E-state index in [0.29, 0.717) is 5.39 Å². The van der Waals surface area contributed by atoms with E-state index in [9.17, 15) is 24.4 Å². The summed E-state index contributed by atoms with van der Waals surface area (Å²) in [5.74, 6) is -12.4. The first-order valence-electron chi connectivity index (χ1n) is 11.3. The average molecular weight is 632 g/mol. The Hall–Kier alpha value is -3.23. The maximum atomic E-state index is 16.5. The number of nitrogens with one attached hydrogen (secondary N) is 1. The fraction of sp³-hybridized carbons (Fsp3) is 0.348. The highest BCUT2D eigenvalue weighted by Gasteiger charge is 2.72. The van der Waals surface area contributed by atoms with Crippen LogP contribution >= 0.6 is 24.1 Å². The van der Waals surface area contributed by atoms with Crippen LogP contribution in [-0.2, 0) is 15.3 Å². The highest BCUT2D eigenvalue weighted by atomic mass is 79.9. The number of H-pyrrole nitrogens is 1. The molecule has 0 saturated carbocycles. The average Bonchev–Trinajstić information content (AvgIpc) is 3.19. The molecule has 0 radical (unpaired) electrons. The molecular formula is C23H21BrF2N3O9P. The number of hydrogen-bond donors (Lipinski definition) is 3. The van der Waals surface area contributed by atoms with Crippen LogP contribution in [-0.4, -0.2) is 50.0 Å². The zero-order valence-electron chi connectivity index (χ0n) is 20.3. The van der Waals surface area contributed by atoms with Crippen molar-refractivity contribution in [3.63, 3.8) is 0 Å². The van der Waals surface area contributed by atoms with Crippen molar-refractivity contribution in [2.24, 2.45) is 4.74 Å². The molecule has 5 atom stereocenters. The summed E-state index contributed by atoms with van der Waals surface area (Å²) < 4.78 is 52.2. The minimum Gasteiger partial charge on any atom is -0.575 e. The molecule has 1 aromatic heterocycles. The Morgan fingerprint density at radius 2 is 2.03 bits per heavy atom. The molecule has 4 rings (SSSR count). The molecule has 12 nitrogen and oxygen atoms in total. The van der Waals surface area contributed by atoms with Crippen LogP contribution in [0.1, 0.15) is 20.3 Å². The van der Waals surface area contributed by atoms with Crippen molar-refractivity contribution < 1.29 is 42.7 Å². The van der Waals surface area contributed by atoms with Crippen LogP contribution in [0.5, 0.6) is 11.5 Å². The Bertz CT molecular complexity index is 1600. The molecule has 3 N–H and O–H groups in total. The Morgan fingerprint density at radius 1 is 1.33 bits per heavy atom. The molecule has 1 fully saturated rings. The molecule has 0 bridgehead atoms. The molecule has 1 saturated heterocycles. The molecule has 0 aliphatic carbocycles. The molecule has 1 unspecified atom stereocenters. The Labute approximate surface area is 227 Å². The van der Waals surface area contributed by atoms with E-state index in [1.54, 1.807) is 18.2 Å². The van der Waals surface area contributed by atoms with Gasteiger partial charge in [0.25, 0.3) is 17.1 Å². The van der Waals surface area contributed by atoms with Crippen LogP contribution in [0.4, 0.5) is 8.78 Å². The van der Waals surface area contributed by atoms with E-state index >= 15 is 8.78 Å². The monoisotopic (exact) mass is 631 g/mol. The van der Waals surface area contributed by atoms with E-state index in [4.69, 9.17) is 19.1 Å². The number of carboxylic acid groups (broad SMARTS) is 1. The topological polar surface area (TPSA) is 175 Å². The summed E-state index contributed by atoms with van der Waals surface area (Å²) >= 11 is 2.86. The van der Waals surface area contributed by atoms with E-state index < -0.39 is 67.6 Å². The first kappa shape index (κ1) is 28.8. The number of aliphatic hydroxyl groups is 1. The summed E-state index contributed by atoms with van der Waals surface area (Å²) in [6.45, 7) is 1.33. The predicted molar refractivity (Wildman–Crippen MR) is 135 cm³/mol. The number of carboxylic acids is 1. The van der Waals surface area contributed by atoms with Crippen LogP contribution in [0.2, 0.25) is 0 Å². The number of halogens is 3. The second-order valence-corrected chi connectivity index (χ2v) is 10.5. The van der Waals surface area contributed by atoms with Crippen LogP contribution < -0.4 is 25.4 Å². The molecule has 2 heterocycles. The van der Waals surface area contributed by atoms with Gasteiger partial charge >= 0.3 is 25.7 Å². The quantitative estimate of drug-likeness (QED) is 0.249. The molecule has 16 heteroatoms. The standard InChI is InChI=1S/C23H21BrF2N3O9P/c1-12(19(31)32)28-39(35)38-17-14-6-4-3-5-13(14)7-8-16(17)37-21(2,34)23(26)22(25,9-10-36-23)29-11-15(24)18(30)27-20(29)33/h3-8,11-12,34H,9-10H2,1-2H3,(H,31,32)(H,27,30,33)/t12-,21+,22-,23-/m0/s1. The second kappa shape index (κ2) is 10.4. The van der Waals surface area contributed by atoms with Gasteiger partial charge in [-0.25, -0.2) is 14.0 Å². The number of fused-ring (bicyclic) bond motifs is 1. The van der Waals surface area contributed by atoms with Crippen molar-refractivity contribution in [3.05, 3.63) is 67.9 Å². The third-order valence-corrected chi connectivity index (χ3v) is 7.49. The van der Waals surface area contributed by atoms with Gasteiger partial charge in [0.1, 0.15) is 0 Å². The van der Waals surface area contributed by atoms with Crippen molar-refractivity contribution in [3.8, 4) is 11.5 Å². The number of alkyl halides is 2. The van der Waals surface area contributed by atoms with E-state index in [2.05, 4.69) is 20.7 Å². The maximum absolute atomic E-state index is 16.5. The number of carbonyl (C=O) groups is 1. The van der Waals surface area contributed by atoms with Gasteiger partial charge in [-0.3, -0.25) is 18.9 Å². The predicted octanol–water partition coefficient (Wildman–Crippen LogP) is 2.66. The third-order valence-electron chi connectivity index (χ3n) is 6.05. The van der Waals surface area contributed by atoms with Gasteiger partial charge in [-0.15, -0.1) is 0 Å². The fourth-order valence-electron chi connectivity index (χ4n) is 4.04. The van der Waals surface area contributed by atoms with Crippen molar-refractivity contribution >= 4 is 40.8 Å². The highest BCUT2D eigenvalue weighted by molar-refractivity contribution is 9.10. The summed E-state index contributed by atoms with van der Waals surface area (Å²) in [6, 6.07) is 7.76. The second-order valence-electron chi connectivity index (χ2n) is 8.72. The summed E-state index contributed by atoms with van der Waals surface area (Å²) in [7, 11) is -3.00. The lowest BCUT2D eigenvalue weighted by molar-refractivity contribution is -0.354. The first-order chi connectivity index (χ1) is 18.2. The molecule has 208 valence electrons. The molecule has 1 aliphatic rings. The van der Waals surface area contributed by atoms with Crippen LogP contribution in [0.25, 0.3) is 10.8 Å². The van der Waals surface area contributed by atoms with Gasteiger partial charge in [-0.2, -0.15) is 4.39 Å². The van der Waals surface area contributed by atoms with E-state index in [-0.39, 0.29) is 20.2 Å². The summed E-state index contributed by atoms with van der Waals surface area (Å²) in [5.41, 5.74) is -2.20. The van der Waals surface area contributed by atoms with Crippen molar-refractivity contribution in [1.82, 2.24) is 9.55 Å². The normalized spacial score (nSPS) is 23.8. The number of aliphatic carboxylic acids is 1. The van der Waals surface area contributed by atoms with Crippen LogP contribution in [0, 0.1) is 0 Å². The molecule has 0 spiro atoms. The number of rotatable bonds is 8. The smallest absolute Gasteiger partial charge is 0.395 e. The van der Waals surface area contributed by atoms with E-state index in [1.165, 1.54) is 25.1 Å². The number of benzene rings is 2.